The fraction of sp³-hybridized carbons (Fsp3) is 0. The van der Waals surface area contributed by atoms with Crippen molar-refractivity contribution in [3.05, 3.63) is 455 Å². The van der Waals surface area contributed by atoms with Gasteiger partial charge in [0.05, 0.1) is 60.2 Å². The van der Waals surface area contributed by atoms with Crippen LogP contribution in [0.1, 0.15) is 0 Å². The van der Waals surface area contributed by atoms with Gasteiger partial charge < -0.3 is 8.83 Å². The molecule has 0 radical (unpaired) electrons. The van der Waals surface area contributed by atoms with Crippen LogP contribution in [-0.4, -0.2) is 44.9 Å². The Kier molecular flexibility index (Phi) is 20.4. The second-order valence-electron chi connectivity index (χ2n) is 33.8. The Balaban J connectivity index is 0.000000109. The summed E-state index contributed by atoms with van der Waals surface area (Å²) in [6.07, 6.45) is 0. The molecular formula is C123H75N9O2S2. The van der Waals surface area contributed by atoms with E-state index in [0.717, 1.165) is 219 Å². The third-order valence-corrected chi connectivity index (χ3v) is 27.5. The molecule has 0 spiro atoms. The minimum atomic E-state index is 0.635. The number of hydrogen-bond donors (Lipinski definition) is 0. The topological polar surface area (TPSA) is 142 Å². The first-order valence-electron chi connectivity index (χ1n) is 45.2. The van der Waals surface area contributed by atoms with Crippen LogP contribution in [-0.2, 0) is 0 Å². The van der Waals surface area contributed by atoms with Gasteiger partial charge in [-0.2, -0.15) is 0 Å². The van der Waals surface area contributed by atoms with Gasteiger partial charge in [0, 0.05) is 88.1 Å². The van der Waals surface area contributed by atoms with E-state index in [4.69, 9.17) is 53.7 Å². The first-order chi connectivity index (χ1) is 67.3. The minimum absolute atomic E-state index is 0.635. The van der Waals surface area contributed by atoms with E-state index in [0.29, 0.717) is 23.4 Å². The zero-order valence-electron chi connectivity index (χ0n) is 73.0. The molecule has 7 heterocycles. The van der Waals surface area contributed by atoms with E-state index < -0.39 is 0 Å². The molecule has 636 valence electrons. The molecule has 0 saturated carbocycles. The fourth-order valence-electron chi connectivity index (χ4n) is 18.6. The van der Waals surface area contributed by atoms with Crippen LogP contribution >= 0.6 is 22.7 Å². The van der Waals surface area contributed by atoms with Crippen molar-refractivity contribution < 1.29 is 8.83 Å². The first-order valence-corrected chi connectivity index (χ1v) is 46.9. The molecule has 0 fully saturated rings. The standard InChI is InChI=1S/C43H25N3OS.C43H27N3O.C37H23N3S/c1-3-10-26(11-4-1)35-25-36(27-12-5-2-6-13-27)45-42(44-35)30-20-22-31-29(24-30)19-18-28-21-23-38-40(39(28)31)46-43(48-38)34-16-9-15-33-32-14-7-8-17-37(32)47-41(33)34;1-4-10-29(11-5-1)37-27-38(30-12-6-2-7-13-30)45-42(44-37)32-19-16-28(17-20-32)34-22-24-36-35(26-34)21-18-31-23-25-39-41(40(31)36)46-43(47-39)33-14-8-3-9-15-33;1-4-10-25(11-5-1)31-23-32(26-12-6-2-7-13-26)39-36(38-31)29-19-17-24-16-18-27-20-21-33-35(34(27)30(24)22-29)40-37(41-33)28-14-8-3-9-15-28/h1-25H;1-27H;1-23H. The lowest BCUT2D eigenvalue weighted by Crippen LogP contribution is -1.96. The number of thiazole rings is 2. The molecule has 11 nitrogen and oxygen atoms in total. The number of oxazole rings is 1. The number of para-hydroxylation sites is 2. The monoisotopic (exact) mass is 1770 g/mol. The van der Waals surface area contributed by atoms with Gasteiger partial charge in [0.25, 0.3) is 0 Å². The lowest BCUT2D eigenvalue weighted by Gasteiger charge is -2.11. The molecule has 27 rings (SSSR count). The van der Waals surface area contributed by atoms with Crippen molar-refractivity contribution in [1.29, 1.82) is 0 Å². The van der Waals surface area contributed by atoms with E-state index in [-0.39, 0.29) is 0 Å². The maximum atomic E-state index is 6.37. The number of rotatable bonds is 13. The summed E-state index contributed by atoms with van der Waals surface area (Å²) in [7, 11) is 0. The molecule has 0 atom stereocenters. The van der Waals surface area contributed by atoms with Crippen LogP contribution in [0.4, 0.5) is 0 Å². The normalized spacial score (nSPS) is 11.5. The summed E-state index contributed by atoms with van der Waals surface area (Å²) in [5.74, 6) is 2.74. The van der Waals surface area contributed by atoms with Crippen molar-refractivity contribution in [2.45, 2.75) is 0 Å². The minimum Gasteiger partial charge on any atom is -0.455 e. The van der Waals surface area contributed by atoms with Gasteiger partial charge >= 0.3 is 0 Å². The highest BCUT2D eigenvalue weighted by Gasteiger charge is 2.23. The van der Waals surface area contributed by atoms with Crippen LogP contribution in [0.25, 0.3) is 264 Å². The van der Waals surface area contributed by atoms with Crippen molar-refractivity contribution in [1.82, 2.24) is 44.9 Å². The predicted octanol–water partition coefficient (Wildman–Crippen LogP) is 33.3. The van der Waals surface area contributed by atoms with E-state index in [9.17, 15) is 0 Å². The number of aromatic nitrogens is 9. The van der Waals surface area contributed by atoms with Gasteiger partial charge in [-0.1, -0.05) is 376 Å². The summed E-state index contributed by atoms with van der Waals surface area (Å²) in [5, 5.41) is 18.0. The highest BCUT2D eigenvalue weighted by Crippen LogP contribution is 2.46. The number of furan rings is 1. The average molecular weight is 1780 g/mol. The number of fused-ring (bicyclic) bond motifs is 18. The van der Waals surface area contributed by atoms with Crippen molar-refractivity contribution in [2.75, 3.05) is 0 Å². The molecule has 0 unspecified atom stereocenters. The molecule has 13 heteroatoms. The highest BCUT2D eigenvalue weighted by atomic mass is 32.1. The van der Waals surface area contributed by atoms with Crippen molar-refractivity contribution in [3.63, 3.8) is 0 Å². The zero-order chi connectivity index (χ0) is 89.9. The van der Waals surface area contributed by atoms with Crippen molar-refractivity contribution >= 4 is 141 Å². The number of nitrogens with zero attached hydrogens (tertiary/aromatic N) is 9. The molecule has 7 aromatic heterocycles. The van der Waals surface area contributed by atoms with Crippen molar-refractivity contribution in [3.8, 4) is 145 Å². The van der Waals surface area contributed by atoms with Gasteiger partial charge in [-0.25, -0.2) is 44.9 Å². The quantitative estimate of drug-likeness (QED) is 0.102. The second-order valence-corrected chi connectivity index (χ2v) is 35.8. The third kappa shape index (κ3) is 15.2. The van der Waals surface area contributed by atoms with Crippen LogP contribution in [0.5, 0.6) is 0 Å². The van der Waals surface area contributed by atoms with E-state index in [2.05, 4.69) is 291 Å². The van der Waals surface area contributed by atoms with Gasteiger partial charge in [-0.3, -0.25) is 0 Å². The van der Waals surface area contributed by atoms with Gasteiger partial charge in [-0.15, -0.1) is 22.7 Å². The van der Waals surface area contributed by atoms with E-state index in [1.165, 1.54) is 20.9 Å². The Morgan fingerprint density at radius 2 is 0.529 bits per heavy atom. The average Bonchev–Trinajstić information content (AvgIpc) is 1.55. The summed E-state index contributed by atoms with van der Waals surface area (Å²) in [4.78, 5) is 45.6. The van der Waals surface area contributed by atoms with Gasteiger partial charge in [0.15, 0.2) is 23.1 Å². The SMILES string of the molecule is c1ccc(-c2cc(-c3ccccc3)nc(-c3ccc(-c4ccc5c(ccc6ccc7oc(-c8ccccc8)nc7c65)c4)cc3)n2)cc1.c1ccc(-c2cc(-c3ccccc3)nc(-c3ccc4c(ccc5ccc6sc(-c7cccc8c7oc7ccccc78)nc6c54)c3)n2)cc1.c1ccc(-c2cc(-c3ccccc3)nc(-c3ccc4ccc5ccc6sc(-c7ccccc7)nc6c5c4c3)n2)cc1. The van der Waals surface area contributed by atoms with Gasteiger partial charge in [0.1, 0.15) is 26.7 Å². The highest BCUT2D eigenvalue weighted by molar-refractivity contribution is 7.22. The van der Waals surface area contributed by atoms with E-state index in [1.54, 1.807) is 22.7 Å². The molecule has 0 N–H and O–H groups in total. The van der Waals surface area contributed by atoms with E-state index in [1.807, 2.05) is 164 Å². The number of benzene rings is 20. The summed E-state index contributed by atoms with van der Waals surface area (Å²) in [5.41, 5.74) is 25.6. The smallest absolute Gasteiger partial charge is 0.227 e. The lowest BCUT2D eigenvalue weighted by atomic mass is 9.96. The van der Waals surface area contributed by atoms with Crippen molar-refractivity contribution in [2.24, 2.45) is 0 Å². The Morgan fingerprint density at radius 3 is 1.04 bits per heavy atom. The zero-order valence-corrected chi connectivity index (χ0v) is 74.6. The van der Waals surface area contributed by atoms with Crippen LogP contribution in [0.2, 0.25) is 0 Å². The molecule has 0 aliphatic carbocycles. The molecule has 136 heavy (non-hydrogen) atoms. The molecule has 0 bridgehead atoms. The Morgan fingerprint density at radius 1 is 0.176 bits per heavy atom. The largest absolute Gasteiger partial charge is 0.455 e. The Bertz CT molecular complexity index is 9100. The molecule has 0 saturated heterocycles. The Hall–Kier alpha value is -17.8. The first kappa shape index (κ1) is 80.3. The van der Waals surface area contributed by atoms with Gasteiger partial charge in [0.2, 0.25) is 5.89 Å². The summed E-state index contributed by atoms with van der Waals surface area (Å²) >= 11 is 3.44. The maximum absolute atomic E-state index is 6.37. The molecule has 0 aliphatic heterocycles. The molecule has 27 aromatic rings. The Labute approximate surface area is 789 Å². The van der Waals surface area contributed by atoms with Gasteiger partial charge in [-0.05, 0) is 138 Å². The molecule has 20 aromatic carbocycles. The second kappa shape index (κ2) is 34.5. The lowest BCUT2D eigenvalue weighted by molar-refractivity contribution is 0.620. The third-order valence-electron chi connectivity index (χ3n) is 25.3. The fourth-order valence-corrected chi connectivity index (χ4v) is 20.6. The van der Waals surface area contributed by atoms with Crippen LogP contribution in [0, 0.1) is 0 Å². The molecule has 0 amide bonds. The predicted molar refractivity (Wildman–Crippen MR) is 563 cm³/mol. The van der Waals surface area contributed by atoms with E-state index >= 15 is 0 Å². The summed E-state index contributed by atoms with van der Waals surface area (Å²) < 4.78 is 14.9. The number of hydrogen-bond acceptors (Lipinski definition) is 13. The summed E-state index contributed by atoms with van der Waals surface area (Å²) in [6, 6.07) is 157. The summed E-state index contributed by atoms with van der Waals surface area (Å²) in [6.45, 7) is 0. The maximum Gasteiger partial charge on any atom is 0.227 e. The molecular weight excluding hydrogens is 1700 g/mol. The van der Waals surface area contributed by atoms with Crippen LogP contribution in [0.3, 0.4) is 0 Å². The van der Waals surface area contributed by atoms with Crippen LogP contribution < -0.4 is 0 Å². The van der Waals surface area contributed by atoms with Crippen LogP contribution in [0.15, 0.2) is 464 Å². The molecule has 0 aliphatic rings.